The number of rotatable bonds is 9. The van der Waals surface area contributed by atoms with Crippen LogP contribution in [-0.2, 0) is 15.3 Å². The van der Waals surface area contributed by atoms with Crippen LogP contribution in [0.4, 0.5) is 28.2 Å². The van der Waals surface area contributed by atoms with E-state index in [2.05, 4.69) is 48.8 Å². The third-order valence-electron chi connectivity index (χ3n) is 10.6. The van der Waals surface area contributed by atoms with Gasteiger partial charge in [-0.2, -0.15) is 18.2 Å². The van der Waals surface area contributed by atoms with Crippen LogP contribution in [0.2, 0.25) is 18.1 Å². The average Bonchev–Trinajstić information content (AvgIpc) is 3.09. The van der Waals surface area contributed by atoms with Crippen LogP contribution >= 0.6 is 0 Å². The van der Waals surface area contributed by atoms with Crippen LogP contribution in [-0.4, -0.2) is 87.9 Å². The predicted octanol–water partition coefficient (Wildman–Crippen LogP) is 9.06. The van der Waals surface area contributed by atoms with Crippen molar-refractivity contribution in [1.29, 1.82) is 0 Å². The van der Waals surface area contributed by atoms with E-state index in [1.54, 1.807) is 36.6 Å². The van der Waals surface area contributed by atoms with Gasteiger partial charge >= 0.3 is 18.0 Å². The van der Waals surface area contributed by atoms with Crippen molar-refractivity contribution in [3.63, 3.8) is 0 Å². The molecule has 0 bridgehead atoms. The maximum atomic E-state index is 16.5. The molecule has 4 heterocycles. The van der Waals surface area contributed by atoms with Gasteiger partial charge in [-0.05, 0) is 76.9 Å². The summed E-state index contributed by atoms with van der Waals surface area (Å²) in [5.74, 6) is -2.32. The number of piperazine rings is 1. The number of alkyl halides is 3. The monoisotopic (exact) mass is 830 g/mol. The van der Waals surface area contributed by atoms with Crippen molar-refractivity contribution in [2.24, 2.45) is 0 Å². The van der Waals surface area contributed by atoms with Gasteiger partial charge in [0.2, 0.25) is 0 Å². The van der Waals surface area contributed by atoms with E-state index >= 15 is 4.39 Å². The van der Waals surface area contributed by atoms with Crippen molar-refractivity contribution < 1.29 is 41.4 Å². The molecule has 5 rings (SSSR count). The molecule has 1 saturated heterocycles. The minimum absolute atomic E-state index is 0.0443. The third kappa shape index (κ3) is 9.09. The van der Waals surface area contributed by atoms with Crippen LogP contribution in [0.25, 0.3) is 28.0 Å². The maximum Gasteiger partial charge on any atom is 0.419 e. The number of benzene rings is 1. The zero-order chi connectivity index (χ0) is 43.3. The first-order chi connectivity index (χ1) is 26.7. The highest BCUT2D eigenvalue weighted by Crippen LogP contribution is 2.43. The lowest BCUT2D eigenvalue weighted by molar-refractivity contribution is -0.138. The molecule has 1 amide bonds. The molecular formula is C41H54F4N6O6Si. The summed E-state index contributed by atoms with van der Waals surface area (Å²) in [6.07, 6.45) is -3.94. The van der Waals surface area contributed by atoms with E-state index in [0.717, 1.165) is 22.8 Å². The average molecular weight is 831 g/mol. The second-order valence-electron chi connectivity index (χ2n) is 17.6. The van der Waals surface area contributed by atoms with Gasteiger partial charge in [0, 0.05) is 43.0 Å². The lowest BCUT2D eigenvalue weighted by Gasteiger charge is -2.44. The summed E-state index contributed by atoms with van der Waals surface area (Å²) in [6.45, 7) is 23.9. The van der Waals surface area contributed by atoms with Gasteiger partial charge < -0.3 is 28.8 Å². The van der Waals surface area contributed by atoms with Crippen molar-refractivity contribution in [1.82, 2.24) is 24.4 Å². The van der Waals surface area contributed by atoms with E-state index in [0.29, 0.717) is 11.8 Å². The zero-order valence-corrected chi connectivity index (χ0v) is 36.2. The molecule has 316 valence electrons. The Kier molecular flexibility index (Phi) is 12.3. The molecule has 1 fully saturated rings. The molecule has 0 aliphatic carbocycles. The van der Waals surface area contributed by atoms with Crippen LogP contribution in [0, 0.1) is 5.82 Å². The molecule has 4 aromatic rings. The Morgan fingerprint density at radius 1 is 1.00 bits per heavy atom. The number of carbonyl (C=O) groups is 1. The molecule has 0 unspecified atom stereocenters. The number of ether oxygens (including phenoxy) is 2. The second-order valence-corrected chi connectivity index (χ2v) is 22.4. The third-order valence-corrected chi connectivity index (χ3v) is 15.1. The lowest BCUT2D eigenvalue weighted by atomic mass is 10.0. The zero-order valence-electron chi connectivity index (χ0n) is 35.2. The van der Waals surface area contributed by atoms with Gasteiger partial charge in [-0.1, -0.05) is 40.7 Å². The van der Waals surface area contributed by atoms with Crippen LogP contribution in [0.15, 0.2) is 41.3 Å². The van der Waals surface area contributed by atoms with Gasteiger partial charge in [0.05, 0.1) is 23.3 Å². The molecule has 58 heavy (non-hydrogen) atoms. The van der Waals surface area contributed by atoms with E-state index < -0.39 is 72.3 Å². The molecule has 3 aromatic heterocycles. The molecule has 0 spiro atoms. The summed E-state index contributed by atoms with van der Waals surface area (Å²) in [5.41, 5.74) is -3.74. The van der Waals surface area contributed by atoms with Gasteiger partial charge in [0.1, 0.15) is 40.9 Å². The molecular weight excluding hydrogens is 777 g/mol. The number of aromatic nitrogens is 4. The normalized spacial score (nSPS) is 17.0. The SMILES string of the molecule is CC(C)c1nccc(OCCO[Si](C)(C)C(C)(C)C)c1-n1c(=O)nc(N2C[C@@H](C)N(C(=O)OC(C)(C)C)C[C@@H]2C)c2cc(F)c(-c3cccc(C(F)(F)F)c3O)nc21. The van der Waals surface area contributed by atoms with Crippen LogP contribution < -0.4 is 15.3 Å². The smallest absolute Gasteiger partial charge is 0.419 e. The predicted molar refractivity (Wildman–Crippen MR) is 217 cm³/mol. The maximum absolute atomic E-state index is 16.5. The first-order valence-electron chi connectivity index (χ1n) is 19.3. The van der Waals surface area contributed by atoms with E-state index in [4.69, 9.17) is 13.9 Å². The van der Waals surface area contributed by atoms with Crippen molar-refractivity contribution in [2.45, 2.75) is 117 Å². The molecule has 0 saturated carbocycles. The Labute approximate surface area is 337 Å². The molecule has 2 atom stereocenters. The van der Waals surface area contributed by atoms with Gasteiger partial charge in [-0.25, -0.2) is 23.5 Å². The number of halogens is 4. The minimum Gasteiger partial charge on any atom is -0.507 e. The summed E-state index contributed by atoms with van der Waals surface area (Å²) in [6, 6.07) is 4.55. The van der Waals surface area contributed by atoms with E-state index in [1.807, 2.05) is 27.7 Å². The molecule has 0 radical (unpaired) electrons. The first-order valence-corrected chi connectivity index (χ1v) is 22.2. The highest BCUT2D eigenvalue weighted by Gasteiger charge is 2.39. The molecule has 1 aliphatic heterocycles. The number of pyridine rings is 2. The van der Waals surface area contributed by atoms with Crippen LogP contribution in [0.5, 0.6) is 11.5 Å². The standard InChI is InChI=1S/C41H54F4N6O6Si/c1-23(2)31-33(30(16-17-46-31)55-18-19-56-58(11,12)40(8,9)10)51-36-27(20-29(42)32(47-36)26-14-13-15-28(34(26)52)41(43,44)45)35(48-37(51)53)49-21-25(4)50(22-24(49)3)38(54)57-39(5,6)7/h13-17,20,23-25,52H,18-19,21-22H2,1-12H3/t24-,25+/m0/s1. The minimum atomic E-state index is -4.96. The Balaban J connectivity index is 1.74. The van der Waals surface area contributed by atoms with Crippen LogP contribution in [0.3, 0.4) is 0 Å². The molecule has 1 aromatic carbocycles. The molecule has 1 aliphatic rings. The number of phenols is 1. The fourth-order valence-electron chi connectivity index (χ4n) is 6.56. The lowest BCUT2D eigenvalue weighted by Crippen LogP contribution is -2.59. The number of para-hydroxylation sites is 1. The Bertz CT molecular complexity index is 2230. The fourth-order valence-corrected chi connectivity index (χ4v) is 7.58. The fraction of sp³-hybridized carbons (Fsp3) is 0.537. The number of hydrogen-bond donors (Lipinski definition) is 1. The highest BCUT2D eigenvalue weighted by molar-refractivity contribution is 6.74. The summed E-state index contributed by atoms with van der Waals surface area (Å²) < 4.78 is 77.7. The summed E-state index contributed by atoms with van der Waals surface area (Å²) in [4.78, 5) is 44.8. The first kappa shape index (κ1) is 44.3. The number of anilines is 1. The van der Waals surface area contributed by atoms with Gasteiger partial charge in [0.15, 0.2) is 19.8 Å². The van der Waals surface area contributed by atoms with Gasteiger partial charge in [-0.15, -0.1) is 0 Å². The van der Waals surface area contributed by atoms with Crippen molar-refractivity contribution in [3.05, 3.63) is 64.1 Å². The number of phenolic OH excluding ortho intramolecular Hbond substituents is 1. The molecule has 1 N–H and O–H groups in total. The molecule has 17 heteroatoms. The summed E-state index contributed by atoms with van der Waals surface area (Å²) in [5, 5.41) is 10.9. The Hall–Kier alpha value is -4.77. The van der Waals surface area contributed by atoms with E-state index in [9.17, 15) is 27.9 Å². The van der Waals surface area contributed by atoms with E-state index in [-0.39, 0.29) is 65.5 Å². The number of hydrogen-bond acceptors (Lipinski definition) is 10. The van der Waals surface area contributed by atoms with Crippen LogP contribution in [0.1, 0.15) is 86.4 Å². The van der Waals surface area contributed by atoms with Crippen molar-refractivity contribution >= 4 is 31.3 Å². The Morgan fingerprint density at radius 3 is 2.28 bits per heavy atom. The quantitative estimate of drug-likeness (QED) is 0.0990. The number of carbonyl (C=O) groups excluding carboxylic acids is 1. The largest absolute Gasteiger partial charge is 0.507 e. The van der Waals surface area contributed by atoms with E-state index in [1.165, 1.54) is 6.20 Å². The van der Waals surface area contributed by atoms with Gasteiger partial charge in [0.25, 0.3) is 0 Å². The second kappa shape index (κ2) is 16.1. The highest BCUT2D eigenvalue weighted by atomic mass is 28.4. The number of nitrogens with zero attached hydrogens (tertiary/aromatic N) is 6. The topological polar surface area (TPSA) is 132 Å². The Morgan fingerprint density at radius 2 is 1.67 bits per heavy atom. The molecule has 12 nitrogen and oxygen atoms in total. The number of amides is 1. The number of fused-ring (bicyclic) bond motifs is 1. The van der Waals surface area contributed by atoms with Crippen molar-refractivity contribution in [2.75, 3.05) is 31.2 Å². The van der Waals surface area contributed by atoms with Crippen molar-refractivity contribution in [3.8, 4) is 28.4 Å². The number of aromatic hydroxyl groups is 1. The van der Waals surface area contributed by atoms with Gasteiger partial charge in [-0.3, -0.25) is 4.98 Å². The summed E-state index contributed by atoms with van der Waals surface area (Å²) in [7, 11) is -2.14. The summed E-state index contributed by atoms with van der Waals surface area (Å²) >= 11 is 0.